The molecule has 1 N–H and O–H groups in total. The van der Waals surface area contributed by atoms with Crippen LogP contribution < -0.4 is 5.32 Å². The van der Waals surface area contributed by atoms with Crippen LogP contribution in [0, 0.1) is 11.3 Å². The molecule has 0 aliphatic carbocycles. The summed E-state index contributed by atoms with van der Waals surface area (Å²) in [4.78, 5) is 17.8. The van der Waals surface area contributed by atoms with E-state index < -0.39 is 15.3 Å². The van der Waals surface area contributed by atoms with Gasteiger partial charge in [-0.2, -0.15) is 0 Å². The molecule has 0 atom stereocenters. The van der Waals surface area contributed by atoms with Crippen LogP contribution in [0.2, 0.25) is 0 Å². The highest BCUT2D eigenvalue weighted by Crippen LogP contribution is 2.24. The van der Waals surface area contributed by atoms with Crippen LogP contribution in [0.4, 0.5) is 5.69 Å². The molecule has 1 fully saturated rings. The number of hydrogen-bond donors (Lipinski definition) is 1. The lowest BCUT2D eigenvalue weighted by atomic mass is 9.92. The van der Waals surface area contributed by atoms with Gasteiger partial charge in [0.05, 0.1) is 10.3 Å². The fraction of sp³-hybridized carbons (Fsp3) is 0.667. The highest BCUT2D eigenvalue weighted by atomic mass is 32.2. The number of nitrogens with zero attached hydrogens (tertiary/aromatic N) is 1. The third kappa shape index (κ3) is 7.43. The number of sulfone groups is 1. The fourth-order valence-corrected chi connectivity index (χ4v) is 3.78. The molecule has 1 aliphatic rings. The highest BCUT2D eigenvalue weighted by molar-refractivity contribution is 7.90. The van der Waals surface area contributed by atoms with Gasteiger partial charge in [0.25, 0.3) is 0 Å². The van der Waals surface area contributed by atoms with Gasteiger partial charge in [0.2, 0.25) is 0 Å². The lowest BCUT2D eigenvalue weighted by Crippen LogP contribution is -2.38. The summed E-state index contributed by atoms with van der Waals surface area (Å²) in [6.45, 7) is 8.12. The Labute approximate surface area is 169 Å². The number of hydroxylamine groups is 2. The molecule has 1 heterocycles. The third-order valence-corrected chi connectivity index (χ3v) is 6.18. The summed E-state index contributed by atoms with van der Waals surface area (Å²) in [7, 11) is -3.14. The van der Waals surface area contributed by atoms with Gasteiger partial charge < -0.3 is 10.2 Å². The van der Waals surface area contributed by atoms with E-state index in [1.807, 2.05) is 38.0 Å². The van der Waals surface area contributed by atoms with Crippen LogP contribution in [0.1, 0.15) is 52.9 Å². The average Bonchev–Trinajstić information content (AvgIpc) is 2.61. The van der Waals surface area contributed by atoms with Crippen LogP contribution in [0.15, 0.2) is 29.2 Å². The maximum atomic E-state index is 11.9. The van der Waals surface area contributed by atoms with Crippen LogP contribution >= 0.6 is 0 Å². The fourth-order valence-electron chi connectivity index (χ4n) is 3.15. The molecule has 0 aromatic heterocycles. The Morgan fingerprint density at radius 1 is 1.14 bits per heavy atom. The van der Waals surface area contributed by atoms with E-state index in [1.54, 1.807) is 12.1 Å². The van der Waals surface area contributed by atoms with Gasteiger partial charge in [0.15, 0.2) is 9.84 Å². The summed E-state index contributed by atoms with van der Waals surface area (Å²) in [6.07, 6.45) is 6.77. The van der Waals surface area contributed by atoms with Crippen LogP contribution in [0.5, 0.6) is 0 Å². The van der Waals surface area contributed by atoms with Crippen molar-refractivity contribution in [1.29, 1.82) is 0 Å². The van der Waals surface area contributed by atoms with Crippen LogP contribution in [-0.4, -0.2) is 45.3 Å². The van der Waals surface area contributed by atoms with E-state index in [1.165, 1.54) is 12.7 Å². The molecule has 1 aromatic rings. The molecule has 0 bridgehead atoms. The molecule has 6 nitrogen and oxygen atoms in total. The Hall–Kier alpha value is -1.60. The van der Waals surface area contributed by atoms with Gasteiger partial charge in [-0.1, -0.05) is 12.8 Å². The van der Waals surface area contributed by atoms with Gasteiger partial charge >= 0.3 is 5.97 Å². The number of anilines is 1. The Morgan fingerprint density at radius 3 is 2.29 bits per heavy atom. The highest BCUT2D eigenvalue weighted by Gasteiger charge is 2.28. The van der Waals surface area contributed by atoms with Gasteiger partial charge in [0.1, 0.15) is 0 Å². The van der Waals surface area contributed by atoms with Crippen molar-refractivity contribution in [1.82, 2.24) is 5.06 Å². The van der Waals surface area contributed by atoms with Crippen LogP contribution in [0.25, 0.3) is 0 Å². The van der Waals surface area contributed by atoms with Crippen LogP contribution in [0.3, 0.4) is 0 Å². The molecule has 0 radical (unpaired) electrons. The first-order chi connectivity index (χ1) is 13.1. The molecule has 0 unspecified atom stereocenters. The van der Waals surface area contributed by atoms with E-state index in [-0.39, 0.29) is 5.97 Å². The van der Waals surface area contributed by atoms with Crippen LogP contribution in [-0.2, 0) is 19.5 Å². The zero-order chi connectivity index (χ0) is 20.8. The van der Waals surface area contributed by atoms with Gasteiger partial charge in [-0.25, -0.2) is 13.2 Å². The molecule has 0 spiro atoms. The van der Waals surface area contributed by atoms with Crippen molar-refractivity contribution in [2.24, 2.45) is 11.3 Å². The van der Waals surface area contributed by atoms with Crippen molar-refractivity contribution in [2.45, 2.75) is 57.8 Å². The Morgan fingerprint density at radius 2 is 1.75 bits per heavy atom. The van der Waals surface area contributed by atoms with Gasteiger partial charge in [-0.05, 0) is 70.2 Å². The first-order valence-electron chi connectivity index (χ1n) is 10.1. The predicted molar refractivity (Wildman–Crippen MR) is 112 cm³/mol. The number of hydrogen-bond acceptors (Lipinski definition) is 6. The maximum absolute atomic E-state index is 11.9. The van der Waals surface area contributed by atoms with E-state index >= 15 is 0 Å². The minimum absolute atomic E-state index is 0.165. The average molecular weight is 411 g/mol. The molecule has 1 saturated heterocycles. The van der Waals surface area contributed by atoms with Crippen molar-refractivity contribution in [2.75, 3.05) is 31.2 Å². The lowest BCUT2D eigenvalue weighted by molar-refractivity contribution is -0.206. The number of nitrogens with one attached hydrogen (secondary N) is 1. The van der Waals surface area contributed by atoms with Crippen molar-refractivity contribution < 1.29 is 18.0 Å². The number of rotatable bonds is 8. The second kappa shape index (κ2) is 9.74. The van der Waals surface area contributed by atoms with E-state index in [9.17, 15) is 13.2 Å². The first-order valence-corrected chi connectivity index (χ1v) is 12.0. The molecule has 0 amide bonds. The molecule has 0 saturated carbocycles. The first kappa shape index (κ1) is 22.7. The summed E-state index contributed by atoms with van der Waals surface area (Å²) in [5.41, 5.74) is 0.482. The lowest BCUT2D eigenvalue weighted by Gasteiger charge is -2.32. The monoisotopic (exact) mass is 410 g/mol. The minimum Gasteiger partial charge on any atom is -0.385 e. The molecule has 28 heavy (non-hydrogen) atoms. The Balaban J connectivity index is 1.59. The predicted octanol–water partition coefficient (Wildman–Crippen LogP) is 3.89. The summed E-state index contributed by atoms with van der Waals surface area (Å²) in [6, 6.07) is 6.89. The quantitative estimate of drug-likeness (QED) is 0.655. The normalized spacial score (nSPS) is 16.7. The van der Waals surface area contributed by atoms with Gasteiger partial charge in [-0.3, -0.25) is 0 Å². The van der Waals surface area contributed by atoms with Gasteiger partial charge in [-0.15, -0.1) is 5.06 Å². The third-order valence-electron chi connectivity index (χ3n) is 5.05. The summed E-state index contributed by atoms with van der Waals surface area (Å²) >= 11 is 0. The minimum atomic E-state index is -3.14. The Kier molecular flexibility index (Phi) is 7.89. The van der Waals surface area contributed by atoms with E-state index in [4.69, 9.17) is 4.84 Å². The number of benzene rings is 1. The summed E-state index contributed by atoms with van der Waals surface area (Å²) in [5, 5.41) is 5.15. The molecule has 7 heteroatoms. The van der Waals surface area contributed by atoms with Gasteiger partial charge in [0, 0.05) is 31.6 Å². The summed E-state index contributed by atoms with van der Waals surface area (Å²) < 4.78 is 22.9. The number of carbonyl (C=O) groups excluding carboxylic acids is 1. The van der Waals surface area contributed by atoms with Crippen molar-refractivity contribution in [3.05, 3.63) is 24.3 Å². The molecular weight excluding hydrogens is 376 g/mol. The largest absolute Gasteiger partial charge is 0.385 e. The second-order valence-electron chi connectivity index (χ2n) is 8.72. The zero-order valence-electron chi connectivity index (χ0n) is 17.5. The standard InChI is InChI=1S/C21H34N2O4S/c1-21(2,3)20(24)27-23-15-12-17(13-16-23)7-5-6-14-22-18-8-10-19(11-9-18)28(4,25)26/h8-11,17,22H,5-7,12-16H2,1-4H3. The smallest absolute Gasteiger partial charge is 0.330 e. The van der Waals surface area contributed by atoms with Crippen molar-refractivity contribution in [3.8, 4) is 0 Å². The van der Waals surface area contributed by atoms with E-state index in [2.05, 4.69) is 5.32 Å². The second-order valence-corrected chi connectivity index (χ2v) is 10.7. The number of unbranched alkanes of at least 4 members (excludes halogenated alkanes) is 1. The number of carbonyl (C=O) groups is 1. The zero-order valence-corrected chi connectivity index (χ0v) is 18.3. The SMILES string of the molecule is CC(C)(C)C(=O)ON1CCC(CCCCNc2ccc(S(C)(=O)=O)cc2)CC1. The van der Waals surface area contributed by atoms with E-state index in [0.29, 0.717) is 10.8 Å². The van der Waals surface area contributed by atoms with Crippen molar-refractivity contribution >= 4 is 21.5 Å². The molecule has 2 rings (SSSR count). The molecular formula is C21H34N2O4S. The van der Waals surface area contributed by atoms with E-state index in [0.717, 1.165) is 51.0 Å². The Bertz CT molecular complexity index is 731. The maximum Gasteiger partial charge on any atom is 0.330 e. The summed E-state index contributed by atoms with van der Waals surface area (Å²) in [5.74, 6) is 0.528. The molecule has 158 valence electrons. The van der Waals surface area contributed by atoms with Crippen molar-refractivity contribution in [3.63, 3.8) is 0 Å². The molecule has 1 aromatic carbocycles. The molecule has 1 aliphatic heterocycles. The topological polar surface area (TPSA) is 75.7 Å². The number of piperidine rings is 1.